The Morgan fingerprint density at radius 1 is 1.26 bits per heavy atom. The zero-order valence-corrected chi connectivity index (χ0v) is 28.3. The van der Waals surface area contributed by atoms with Gasteiger partial charge in [0.25, 0.3) is 0 Å². The molecule has 2 aliphatic rings. The molecule has 4 heterocycles. The van der Waals surface area contributed by atoms with Gasteiger partial charge in [-0.1, -0.05) is 55.2 Å². The first-order valence-corrected chi connectivity index (χ1v) is 15.8. The van der Waals surface area contributed by atoms with Gasteiger partial charge in [-0.05, 0) is 56.0 Å². The van der Waals surface area contributed by atoms with Crippen molar-refractivity contribution in [2.75, 3.05) is 30.3 Å². The van der Waals surface area contributed by atoms with Gasteiger partial charge in [0.2, 0.25) is 5.91 Å². The number of carbonyl (C=O) groups excluding carboxylic acids is 1. The van der Waals surface area contributed by atoms with Crippen LogP contribution in [0.25, 0.3) is 17.0 Å². The number of nitrogen functional groups attached to an aromatic ring is 1. The van der Waals surface area contributed by atoms with E-state index in [1.54, 1.807) is 29.0 Å². The first kappa shape index (κ1) is 33.5. The number of nitriles is 1. The van der Waals surface area contributed by atoms with Crippen molar-refractivity contribution in [3.8, 4) is 17.3 Å². The Hall–Kier alpha value is -3.88. The summed E-state index contributed by atoms with van der Waals surface area (Å²) in [4.78, 5) is 27.3. The van der Waals surface area contributed by atoms with Crippen molar-refractivity contribution in [1.82, 2.24) is 19.8 Å². The van der Waals surface area contributed by atoms with E-state index in [0.717, 1.165) is 5.56 Å². The smallest absolute Gasteiger partial charge is 0.246 e. The van der Waals surface area contributed by atoms with Crippen LogP contribution < -0.4 is 10.6 Å². The van der Waals surface area contributed by atoms with E-state index in [4.69, 9.17) is 45.5 Å². The molecule has 2 atom stereocenters. The van der Waals surface area contributed by atoms with Gasteiger partial charge in [0, 0.05) is 43.0 Å². The van der Waals surface area contributed by atoms with Crippen molar-refractivity contribution in [1.29, 1.82) is 5.26 Å². The quantitative estimate of drug-likeness (QED) is 0.168. The van der Waals surface area contributed by atoms with Crippen LogP contribution in [-0.2, 0) is 4.79 Å². The van der Waals surface area contributed by atoms with Crippen LogP contribution in [0.1, 0.15) is 49.1 Å². The van der Waals surface area contributed by atoms with E-state index in [1.165, 1.54) is 6.08 Å². The highest BCUT2D eigenvalue weighted by Crippen LogP contribution is 2.49. The van der Waals surface area contributed by atoms with E-state index in [1.807, 2.05) is 38.7 Å². The maximum atomic E-state index is 14.8. The number of amides is 1. The Balaban J connectivity index is 1.83. The molecule has 5 rings (SSSR count). The van der Waals surface area contributed by atoms with Crippen LogP contribution in [0.15, 0.2) is 36.6 Å². The van der Waals surface area contributed by atoms with Crippen molar-refractivity contribution in [2.45, 2.75) is 52.8 Å². The van der Waals surface area contributed by atoms with E-state index in [-0.39, 0.29) is 66.8 Å². The van der Waals surface area contributed by atoms with Crippen molar-refractivity contribution < 1.29 is 14.3 Å². The van der Waals surface area contributed by atoms with Gasteiger partial charge in [-0.3, -0.25) is 14.7 Å². The fraction of sp³-hybridized carbons (Fsp3) is 0.333. The Kier molecular flexibility index (Phi) is 9.26. The lowest BCUT2D eigenvalue weighted by molar-refractivity contribution is -0.129. The van der Waals surface area contributed by atoms with Gasteiger partial charge < -0.3 is 20.6 Å². The van der Waals surface area contributed by atoms with E-state index in [2.05, 4.69) is 17.6 Å². The normalized spacial score (nSPS) is 18.2. The number of aliphatic hydroxyl groups is 1. The van der Waals surface area contributed by atoms with Crippen molar-refractivity contribution >= 4 is 63.6 Å². The number of nitrogens with zero attached hydrogens (tertiary/aromatic N) is 6. The number of rotatable bonds is 5. The van der Waals surface area contributed by atoms with Crippen molar-refractivity contribution in [3.05, 3.63) is 79.8 Å². The third kappa shape index (κ3) is 5.35. The Labute approximate surface area is 282 Å². The maximum absolute atomic E-state index is 14.8. The highest BCUT2D eigenvalue weighted by Gasteiger charge is 2.41. The molecule has 2 aromatic heterocycles. The number of anilines is 3. The molecule has 1 fully saturated rings. The predicted octanol–water partition coefficient (Wildman–Crippen LogP) is 6.99. The summed E-state index contributed by atoms with van der Waals surface area (Å²) >= 11 is 19.5. The lowest BCUT2D eigenvalue weighted by Gasteiger charge is -2.45. The predicted molar refractivity (Wildman–Crippen MR) is 180 cm³/mol. The van der Waals surface area contributed by atoms with Crippen LogP contribution in [-0.4, -0.2) is 62.7 Å². The second-order valence-corrected chi connectivity index (χ2v) is 12.9. The Morgan fingerprint density at radius 3 is 2.57 bits per heavy atom. The van der Waals surface area contributed by atoms with Crippen LogP contribution in [0.4, 0.5) is 21.6 Å². The van der Waals surface area contributed by atoms with Crippen molar-refractivity contribution in [3.63, 3.8) is 0 Å². The lowest BCUT2D eigenvalue weighted by Crippen LogP contribution is -2.54. The molecule has 3 N–H and O–H groups in total. The summed E-state index contributed by atoms with van der Waals surface area (Å²) in [5.41, 5.74) is 9.97. The second-order valence-electron chi connectivity index (χ2n) is 11.7. The molecule has 1 unspecified atom stereocenters. The van der Waals surface area contributed by atoms with Crippen LogP contribution in [0.3, 0.4) is 0 Å². The fourth-order valence-electron chi connectivity index (χ4n) is 6.22. The van der Waals surface area contributed by atoms with Crippen LogP contribution in [0.2, 0.25) is 15.1 Å². The SMILES string of the molecule is C=CC(=O)N1CCN(C2=C(C#N)C(O)N(c3c(C)ccnc3C(C)C)c3nc(-c4c(C)c(Cl)c(F)c(Cl)c4N)c(Cl)cc32)C[C@H]1C. The summed E-state index contributed by atoms with van der Waals surface area (Å²) in [7, 11) is 0. The molecule has 0 aliphatic carbocycles. The van der Waals surface area contributed by atoms with Crippen molar-refractivity contribution in [2.24, 2.45) is 0 Å². The summed E-state index contributed by atoms with van der Waals surface area (Å²) in [5, 5.41) is 22.2. The number of piperazine rings is 1. The molecule has 0 saturated carbocycles. The van der Waals surface area contributed by atoms with Gasteiger partial charge in [0.1, 0.15) is 22.5 Å². The monoisotopic (exact) mass is 683 g/mol. The third-order valence-corrected chi connectivity index (χ3v) is 9.60. The average Bonchev–Trinajstić information content (AvgIpc) is 3.02. The van der Waals surface area contributed by atoms with Crippen LogP contribution in [0.5, 0.6) is 0 Å². The number of fused-ring (bicyclic) bond motifs is 1. The van der Waals surface area contributed by atoms with Gasteiger partial charge in [-0.2, -0.15) is 5.26 Å². The largest absolute Gasteiger partial charge is 0.397 e. The molecule has 46 heavy (non-hydrogen) atoms. The number of aromatic nitrogens is 2. The number of carbonyl (C=O) groups is 1. The molecule has 3 aromatic rings. The maximum Gasteiger partial charge on any atom is 0.246 e. The fourth-order valence-corrected chi connectivity index (χ4v) is 6.90. The van der Waals surface area contributed by atoms with Gasteiger partial charge in [-0.15, -0.1) is 0 Å². The number of hydrogen-bond acceptors (Lipinski definition) is 8. The summed E-state index contributed by atoms with van der Waals surface area (Å²) in [6.07, 6.45) is 1.49. The van der Waals surface area contributed by atoms with E-state index >= 15 is 0 Å². The number of aryl methyl sites for hydroxylation is 1. The summed E-state index contributed by atoms with van der Waals surface area (Å²) < 4.78 is 14.8. The average molecular weight is 685 g/mol. The molecule has 1 aromatic carbocycles. The first-order chi connectivity index (χ1) is 21.7. The molecule has 0 spiro atoms. The highest BCUT2D eigenvalue weighted by molar-refractivity contribution is 6.39. The van der Waals surface area contributed by atoms with Gasteiger partial charge in [-0.25, -0.2) is 9.37 Å². The molecule has 1 saturated heterocycles. The van der Waals surface area contributed by atoms with Gasteiger partial charge >= 0.3 is 0 Å². The standard InChI is InChI=1S/C33H33Cl3FN7O2/c1-7-22(45)43-11-10-42(14-17(43)5)31-19-12-21(34)29(23-18(6)24(35)26(37)25(36)27(23)39)41-32(19)44(33(46)20(31)13-38)30-16(4)8-9-40-28(30)15(2)3/h7-9,12,15,17,33,46H,1,10-11,14,39H2,2-6H3/t17-,33?/m1/s1. The minimum absolute atomic E-state index is 0.0582. The number of hydrogen-bond donors (Lipinski definition) is 2. The summed E-state index contributed by atoms with van der Waals surface area (Å²) in [5.74, 6) is -0.833. The number of benzene rings is 1. The molecule has 13 heteroatoms. The molecule has 2 aliphatic heterocycles. The van der Waals surface area contributed by atoms with E-state index in [9.17, 15) is 19.6 Å². The Morgan fingerprint density at radius 2 is 1.96 bits per heavy atom. The number of halogens is 4. The number of pyridine rings is 2. The van der Waals surface area contributed by atoms with Crippen LogP contribution >= 0.6 is 34.8 Å². The second kappa shape index (κ2) is 12.7. The minimum Gasteiger partial charge on any atom is -0.397 e. The topological polar surface area (TPSA) is 123 Å². The molecule has 1 amide bonds. The number of nitrogens with two attached hydrogens (primary N) is 1. The molecule has 240 valence electrons. The summed E-state index contributed by atoms with van der Waals surface area (Å²) in [6, 6.07) is 5.48. The van der Waals surface area contributed by atoms with E-state index < -0.39 is 12.0 Å². The Bertz CT molecular complexity index is 1830. The first-order valence-electron chi connectivity index (χ1n) is 14.6. The molecular weight excluding hydrogens is 652 g/mol. The van der Waals surface area contributed by atoms with E-state index in [0.29, 0.717) is 42.3 Å². The summed E-state index contributed by atoms with van der Waals surface area (Å²) in [6.45, 7) is 14.0. The molecule has 0 bridgehead atoms. The molecular formula is C33H33Cl3FN7O2. The number of aliphatic hydroxyl groups excluding tert-OH is 1. The molecule has 9 nitrogen and oxygen atoms in total. The van der Waals surface area contributed by atoms with Gasteiger partial charge in [0.05, 0.1) is 38.5 Å². The lowest BCUT2D eigenvalue weighted by atomic mass is 9.94. The zero-order chi connectivity index (χ0) is 33.8. The molecule has 0 radical (unpaired) electrons. The van der Waals surface area contributed by atoms with Gasteiger partial charge in [0.15, 0.2) is 12.0 Å². The highest BCUT2D eigenvalue weighted by atomic mass is 35.5. The minimum atomic E-state index is -1.48. The third-order valence-electron chi connectivity index (χ3n) is 8.49. The van der Waals surface area contributed by atoms with Crippen LogP contribution in [0, 0.1) is 31.0 Å². The zero-order valence-electron chi connectivity index (χ0n) is 26.0.